The first-order chi connectivity index (χ1) is 8.14. The molecule has 1 aromatic heterocycles. The van der Waals surface area contributed by atoms with Gasteiger partial charge >= 0.3 is 0 Å². The van der Waals surface area contributed by atoms with E-state index in [4.69, 9.17) is 5.73 Å². The fourth-order valence-corrected chi connectivity index (χ4v) is 2.53. The van der Waals surface area contributed by atoms with Gasteiger partial charge in [-0.3, -0.25) is 4.98 Å². The molecule has 1 heterocycles. The summed E-state index contributed by atoms with van der Waals surface area (Å²) in [4.78, 5) is 10.5. The van der Waals surface area contributed by atoms with Crippen LogP contribution in [-0.4, -0.2) is 34.3 Å². The zero-order chi connectivity index (χ0) is 12.3. The van der Waals surface area contributed by atoms with Crippen molar-refractivity contribution in [1.82, 2.24) is 9.97 Å². The molecule has 1 saturated carbocycles. The molecular weight excluding hydrogens is 216 g/mol. The molecular formula is C12H20N4O. The number of aromatic nitrogens is 2. The number of rotatable bonds is 4. The Morgan fingerprint density at radius 1 is 1.35 bits per heavy atom. The molecule has 1 aromatic rings. The van der Waals surface area contributed by atoms with Crippen LogP contribution < -0.4 is 10.6 Å². The monoisotopic (exact) mass is 236 g/mol. The van der Waals surface area contributed by atoms with E-state index in [0.717, 1.165) is 37.2 Å². The van der Waals surface area contributed by atoms with Crippen LogP contribution in [0.25, 0.3) is 0 Å². The number of nitrogens with two attached hydrogens (primary N) is 1. The van der Waals surface area contributed by atoms with Crippen molar-refractivity contribution in [3.05, 3.63) is 18.1 Å². The Labute approximate surface area is 102 Å². The van der Waals surface area contributed by atoms with Gasteiger partial charge in [0.2, 0.25) is 0 Å². The number of anilines is 1. The average molecular weight is 236 g/mol. The first-order valence-corrected chi connectivity index (χ1v) is 6.08. The SMILES string of the molecule is CN(CC1(O)CCCC1)c1nccnc1CN. The van der Waals surface area contributed by atoms with E-state index in [1.807, 2.05) is 11.9 Å². The zero-order valence-electron chi connectivity index (χ0n) is 10.3. The Balaban J connectivity index is 2.11. The Bertz CT molecular complexity index is 377. The summed E-state index contributed by atoms with van der Waals surface area (Å²) in [6, 6.07) is 0. The second kappa shape index (κ2) is 4.98. The molecule has 3 N–H and O–H groups in total. The minimum Gasteiger partial charge on any atom is -0.388 e. The highest BCUT2D eigenvalue weighted by Crippen LogP contribution is 2.31. The van der Waals surface area contributed by atoms with Gasteiger partial charge in [0, 0.05) is 32.5 Å². The van der Waals surface area contributed by atoms with Crippen LogP contribution in [0, 0.1) is 0 Å². The lowest BCUT2D eigenvalue weighted by molar-refractivity contribution is 0.0557. The molecule has 0 atom stereocenters. The van der Waals surface area contributed by atoms with E-state index in [9.17, 15) is 5.11 Å². The summed E-state index contributed by atoms with van der Waals surface area (Å²) < 4.78 is 0. The van der Waals surface area contributed by atoms with Crippen LogP contribution in [0.4, 0.5) is 5.82 Å². The molecule has 5 heteroatoms. The van der Waals surface area contributed by atoms with Crippen molar-refractivity contribution in [1.29, 1.82) is 0 Å². The van der Waals surface area contributed by atoms with Crippen LogP contribution in [0.1, 0.15) is 31.4 Å². The van der Waals surface area contributed by atoms with Crippen molar-refractivity contribution in [3.63, 3.8) is 0 Å². The van der Waals surface area contributed by atoms with Crippen LogP contribution in [-0.2, 0) is 6.54 Å². The number of aliphatic hydroxyl groups is 1. The second-order valence-corrected chi connectivity index (χ2v) is 4.82. The van der Waals surface area contributed by atoms with E-state index in [1.165, 1.54) is 0 Å². The van der Waals surface area contributed by atoms with E-state index >= 15 is 0 Å². The van der Waals surface area contributed by atoms with Crippen molar-refractivity contribution in [2.45, 2.75) is 37.8 Å². The minimum atomic E-state index is -0.571. The smallest absolute Gasteiger partial charge is 0.151 e. The third-order valence-corrected chi connectivity index (χ3v) is 3.37. The Morgan fingerprint density at radius 3 is 2.65 bits per heavy atom. The van der Waals surface area contributed by atoms with Crippen molar-refractivity contribution < 1.29 is 5.11 Å². The molecule has 17 heavy (non-hydrogen) atoms. The van der Waals surface area contributed by atoms with Gasteiger partial charge in [-0.15, -0.1) is 0 Å². The quantitative estimate of drug-likeness (QED) is 0.804. The fraction of sp³-hybridized carbons (Fsp3) is 0.667. The molecule has 0 radical (unpaired) electrons. The number of hydrogen-bond donors (Lipinski definition) is 2. The minimum absolute atomic E-state index is 0.367. The molecule has 0 bridgehead atoms. The van der Waals surface area contributed by atoms with E-state index in [2.05, 4.69) is 9.97 Å². The molecule has 0 amide bonds. The molecule has 5 nitrogen and oxygen atoms in total. The van der Waals surface area contributed by atoms with Gasteiger partial charge in [0.05, 0.1) is 11.3 Å². The van der Waals surface area contributed by atoms with Gasteiger partial charge in [-0.1, -0.05) is 12.8 Å². The summed E-state index contributed by atoms with van der Waals surface area (Å²) in [6.07, 6.45) is 7.25. The normalized spacial score (nSPS) is 18.3. The lowest BCUT2D eigenvalue weighted by Gasteiger charge is -2.29. The molecule has 1 aliphatic rings. The second-order valence-electron chi connectivity index (χ2n) is 4.82. The van der Waals surface area contributed by atoms with Crippen molar-refractivity contribution in [2.75, 3.05) is 18.5 Å². The summed E-state index contributed by atoms with van der Waals surface area (Å²) >= 11 is 0. The Hall–Kier alpha value is -1.20. The first-order valence-electron chi connectivity index (χ1n) is 6.08. The third kappa shape index (κ3) is 2.73. The molecule has 1 aliphatic carbocycles. The Morgan fingerprint density at radius 2 is 2.00 bits per heavy atom. The molecule has 0 unspecified atom stereocenters. The standard InChI is InChI=1S/C12H20N4O/c1-16(9-12(17)4-2-3-5-12)11-10(8-13)14-6-7-15-11/h6-7,17H,2-5,8-9,13H2,1H3. The summed E-state index contributed by atoms with van der Waals surface area (Å²) in [7, 11) is 1.93. The lowest BCUT2D eigenvalue weighted by atomic mass is 10.0. The van der Waals surface area contributed by atoms with Gasteiger partial charge in [-0.05, 0) is 12.8 Å². The Kier molecular flexibility index (Phi) is 3.59. The van der Waals surface area contributed by atoms with Crippen LogP contribution in [0.15, 0.2) is 12.4 Å². The predicted octanol–water partition coefficient (Wildman–Crippen LogP) is 0.677. The van der Waals surface area contributed by atoms with Gasteiger partial charge in [0.1, 0.15) is 0 Å². The fourth-order valence-electron chi connectivity index (χ4n) is 2.53. The third-order valence-electron chi connectivity index (χ3n) is 3.37. The molecule has 0 saturated heterocycles. The maximum absolute atomic E-state index is 10.4. The molecule has 94 valence electrons. The van der Waals surface area contributed by atoms with Gasteiger partial charge in [0.25, 0.3) is 0 Å². The van der Waals surface area contributed by atoms with E-state index in [0.29, 0.717) is 13.1 Å². The maximum atomic E-state index is 10.4. The summed E-state index contributed by atoms with van der Waals surface area (Å²) in [5.74, 6) is 0.773. The van der Waals surface area contributed by atoms with Crippen molar-refractivity contribution in [3.8, 4) is 0 Å². The topological polar surface area (TPSA) is 75.3 Å². The highest BCUT2D eigenvalue weighted by atomic mass is 16.3. The van der Waals surface area contributed by atoms with Gasteiger partial charge in [-0.2, -0.15) is 0 Å². The zero-order valence-corrected chi connectivity index (χ0v) is 10.3. The van der Waals surface area contributed by atoms with E-state index in [-0.39, 0.29) is 0 Å². The molecule has 0 aromatic carbocycles. The molecule has 2 rings (SSSR count). The van der Waals surface area contributed by atoms with Gasteiger partial charge in [-0.25, -0.2) is 4.98 Å². The number of hydrogen-bond acceptors (Lipinski definition) is 5. The predicted molar refractivity (Wildman–Crippen MR) is 66.6 cm³/mol. The summed E-state index contributed by atoms with van der Waals surface area (Å²) in [5.41, 5.74) is 5.84. The average Bonchev–Trinajstić information content (AvgIpc) is 2.75. The van der Waals surface area contributed by atoms with E-state index < -0.39 is 5.60 Å². The van der Waals surface area contributed by atoms with Gasteiger partial charge < -0.3 is 15.7 Å². The van der Waals surface area contributed by atoms with Crippen molar-refractivity contribution in [2.24, 2.45) is 5.73 Å². The van der Waals surface area contributed by atoms with Crippen LogP contribution in [0.5, 0.6) is 0 Å². The first kappa shape index (κ1) is 12.3. The largest absolute Gasteiger partial charge is 0.388 e. The highest BCUT2D eigenvalue weighted by Gasteiger charge is 2.32. The number of likely N-dealkylation sites (N-methyl/N-ethyl adjacent to an activating group) is 1. The lowest BCUT2D eigenvalue weighted by Crippen LogP contribution is -2.40. The van der Waals surface area contributed by atoms with Crippen LogP contribution in [0.3, 0.4) is 0 Å². The summed E-state index contributed by atoms with van der Waals surface area (Å²) in [6.45, 7) is 0.963. The van der Waals surface area contributed by atoms with Crippen LogP contribution in [0.2, 0.25) is 0 Å². The van der Waals surface area contributed by atoms with Gasteiger partial charge in [0.15, 0.2) is 5.82 Å². The van der Waals surface area contributed by atoms with Crippen LogP contribution >= 0.6 is 0 Å². The maximum Gasteiger partial charge on any atom is 0.151 e. The molecule has 0 aliphatic heterocycles. The molecule has 0 spiro atoms. The molecule has 1 fully saturated rings. The summed E-state index contributed by atoms with van der Waals surface area (Å²) in [5, 5.41) is 10.4. The number of nitrogens with zero attached hydrogens (tertiary/aromatic N) is 3. The van der Waals surface area contributed by atoms with E-state index in [1.54, 1.807) is 12.4 Å². The highest BCUT2D eigenvalue weighted by molar-refractivity contribution is 5.42. The van der Waals surface area contributed by atoms with Crippen molar-refractivity contribution >= 4 is 5.82 Å².